The second-order valence-electron chi connectivity index (χ2n) is 4.16. The van der Waals surface area contributed by atoms with Gasteiger partial charge >= 0.3 is 0 Å². The second-order valence-corrected chi connectivity index (χ2v) is 5.17. The van der Waals surface area contributed by atoms with E-state index in [1.54, 1.807) is 12.4 Å². The van der Waals surface area contributed by atoms with Gasteiger partial charge in [0.05, 0.1) is 17.6 Å². The highest BCUT2D eigenvalue weighted by Gasteiger charge is 2.16. The van der Waals surface area contributed by atoms with Crippen molar-refractivity contribution in [3.05, 3.63) is 18.5 Å². The van der Waals surface area contributed by atoms with Crippen molar-refractivity contribution in [3.8, 4) is 0 Å². The number of pyridine rings is 1. The topological polar surface area (TPSA) is 77.2 Å². The van der Waals surface area contributed by atoms with Gasteiger partial charge in [0, 0.05) is 30.3 Å². The molecule has 1 aromatic heterocycles. The third-order valence-corrected chi connectivity index (χ3v) is 3.84. The Labute approximate surface area is 110 Å². The van der Waals surface area contributed by atoms with E-state index in [1.807, 2.05) is 6.07 Å². The number of thioether (sulfide) groups is 1. The van der Waals surface area contributed by atoms with Crippen LogP contribution >= 0.6 is 11.8 Å². The van der Waals surface area contributed by atoms with E-state index < -0.39 is 0 Å². The first-order valence-corrected chi connectivity index (χ1v) is 6.93. The molecule has 0 bridgehead atoms. The second kappa shape index (κ2) is 6.61. The first-order valence-electron chi connectivity index (χ1n) is 5.95. The number of amides is 1. The van der Waals surface area contributed by atoms with Gasteiger partial charge in [0.1, 0.15) is 0 Å². The predicted octanol–water partition coefficient (Wildman–Crippen LogP) is 1.05. The normalized spacial score (nSPS) is 16.4. The number of rotatable bonds is 4. The van der Waals surface area contributed by atoms with E-state index in [9.17, 15) is 4.79 Å². The molecule has 0 aliphatic carbocycles. The van der Waals surface area contributed by atoms with E-state index in [-0.39, 0.29) is 11.9 Å². The number of ether oxygens (including phenoxy) is 1. The van der Waals surface area contributed by atoms with Crippen molar-refractivity contribution in [2.45, 2.75) is 23.8 Å². The van der Waals surface area contributed by atoms with E-state index in [1.165, 1.54) is 11.8 Å². The van der Waals surface area contributed by atoms with Crippen LogP contribution in [0.15, 0.2) is 23.4 Å². The van der Waals surface area contributed by atoms with E-state index in [0.717, 1.165) is 31.0 Å². The van der Waals surface area contributed by atoms with Crippen molar-refractivity contribution in [3.63, 3.8) is 0 Å². The first kappa shape index (κ1) is 13.2. The van der Waals surface area contributed by atoms with Crippen LogP contribution in [0.5, 0.6) is 0 Å². The average molecular weight is 267 g/mol. The zero-order valence-electron chi connectivity index (χ0n) is 10.1. The zero-order chi connectivity index (χ0) is 12.8. The molecule has 0 aromatic carbocycles. The maximum absolute atomic E-state index is 11.8. The smallest absolute Gasteiger partial charge is 0.230 e. The van der Waals surface area contributed by atoms with Gasteiger partial charge in [-0.2, -0.15) is 0 Å². The van der Waals surface area contributed by atoms with E-state index in [2.05, 4.69) is 10.3 Å². The summed E-state index contributed by atoms with van der Waals surface area (Å²) in [5.74, 6) is 0.425. The Hall–Kier alpha value is -1.27. The van der Waals surface area contributed by atoms with Gasteiger partial charge in [0.2, 0.25) is 5.91 Å². The molecule has 18 heavy (non-hydrogen) atoms. The Morgan fingerprint density at radius 2 is 2.33 bits per heavy atom. The van der Waals surface area contributed by atoms with Crippen LogP contribution in [0.4, 0.5) is 5.69 Å². The third kappa shape index (κ3) is 3.89. The summed E-state index contributed by atoms with van der Waals surface area (Å²) >= 11 is 1.44. The van der Waals surface area contributed by atoms with Gasteiger partial charge in [0.25, 0.3) is 0 Å². The van der Waals surface area contributed by atoms with Crippen molar-refractivity contribution in [1.29, 1.82) is 0 Å². The molecule has 98 valence electrons. The molecule has 0 saturated carbocycles. The standard InChI is InChI=1S/C12H17N3O2S/c13-10-7-14-4-1-11(10)18-8-12(16)15-9-2-5-17-6-3-9/h1,4,7,9H,2-3,5-6,8,13H2,(H,15,16). The lowest BCUT2D eigenvalue weighted by atomic mass is 10.1. The molecule has 1 aromatic rings. The van der Waals surface area contributed by atoms with Gasteiger partial charge in [-0.3, -0.25) is 9.78 Å². The molecular weight excluding hydrogens is 250 g/mol. The molecule has 3 N–H and O–H groups in total. The lowest BCUT2D eigenvalue weighted by Gasteiger charge is -2.23. The van der Waals surface area contributed by atoms with E-state index in [4.69, 9.17) is 10.5 Å². The molecule has 5 nitrogen and oxygen atoms in total. The summed E-state index contributed by atoms with van der Waals surface area (Å²) < 4.78 is 5.25. The Morgan fingerprint density at radius 1 is 1.56 bits per heavy atom. The quantitative estimate of drug-likeness (QED) is 0.797. The molecule has 1 saturated heterocycles. The number of carbonyl (C=O) groups is 1. The first-order chi connectivity index (χ1) is 8.75. The number of anilines is 1. The molecule has 0 atom stereocenters. The molecule has 1 fully saturated rings. The molecule has 1 aliphatic rings. The van der Waals surface area contributed by atoms with Gasteiger partial charge in [-0.1, -0.05) is 0 Å². The van der Waals surface area contributed by atoms with Crippen molar-refractivity contribution >= 4 is 23.4 Å². The Bertz CT molecular complexity index is 408. The number of nitrogens with one attached hydrogen (secondary N) is 1. The molecule has 0 radical (unpaired) electrons. The lowest BCUT2D eigenvalue weighted by molar-refractivity contribution is -0.119. The van der Waals surface area contributed by atoms with Crippen LogP contribution < -0.4 is 11.1 Å². The summed E-state index contributed by atoms with van der Waals surface area (Å²) in [5, 5.41) is 3.01. The summed E-state index contributed by atoms with van der Waals surface area (Å²) in [6.07, 6.45) is 5.06. The highest BCUT2D eigenvalue weighted by Crippen LogP contribution is 2.23. The number of nitrogen functional groups attached to an aromatic ring is 1. The fraction of sp³-hybridized carbons (Fsp3) is 0.500. The van der Waals surface area contributed by atoms with Crippen LogP contribution in [0.3, 0.4) is 0 Å². The minimum atomic E-state index is 0.0445. The molecule has 0 unspecified atom stereocenters. The average Bonchev–Trinajstić information content (AvgIpc) is 2.39. The number of nitrogens with two attached hydrogens (primary N) is 1. The molecular formula is C12H17N3O2S. The van der Waals surface area contributed by atoms with Gasteiger partial charge in [-0.15, -0.1) is 11.8 Å². The largest absolute Gasteiger partial charge is 0.397 e. The number of carbonyl (C=O) groups excluding carboxylic acids is 1. The SMILES string of the molecule is Nc1cnccc1SCC(=O)NC1CCOCC1. The number of hydrogen-bond acceptors (Lipinski definition) is 5. The van der Waals surface area contributed by atoms with Crippen LogP contribution in [0.2, 0.25) is 0 Å². The molecule has 2 rings (SSSR count). The summed E-state index contributed by atoms with van der Waals surface area (Å²) in [6, 6.07) is 2.07. The summed E-state index contributed by atoms with van der Waals surface area (Å²) in [7, 11) is 0. The molecule has 1 amide bonds. The van der Waals surface area contributed by atoms with Crippen molar-refractivity contribution < 1.29 is 9.53 Å². The maximum Gasteiger partial charge on any atom is 0.230 e. The Morgan fingerprint density at radius 3 is 3.06 bits per heavy atom. The monoisotopic (exact) mass is 267 g/mol. The summed E-state index contributed by atoms with van der Waals surface area (Å²) in [6.45, 7) is 1.46. The van der Waals surface area contributed by atoms with Crippen LogP contribution in [-0.4, -0.2) is 35.9 Å². The lowest BCUT2D eigenvalue weighted by Crippen LogP contribution is -2.39. The number of hydrogen-bond donors (Lipinski definition) is 2. The highest BCUT2D eigenvalue weighted by molar-refractivity contribution is 8.00. The van der Waals surface area contributed by atoms with Gasteiger partial charge in [-0.05, 0) is 18.9 Å². The van der Waals surface area contributed by atoms with E-state index in [0.29, 0.717) is 11.4 Å². The van der Waals surface area contributed by atoms with Crippen LogP contribution in [0, 0.1) is 0 Å². The van der Waals surface area contributed by atoms with Gasteiger partial charge < -0.3 is 15.8 Å². The number of aromatic nitrogens is 1. The van der Waals surface area contributed by atoms with Crippen molar-refractivity contribution in [1.82, 2.24) is 10.3 Å². The minimum absolute atomic E-state index is 0.0445. The highest BCUT2D eigenvalue weighted by atomic mass is 32.2. The number of nitrogens with zero attached hydrogens (tertiary/aromatic N) is 1. The summed E-state index contributed by atoms with van der Waals surface area (Å²) in [4.78, 5) is 16.6. The minimum Gasteiger partial charge on any atom is -0.397 e. The Kier molecular flexibility index (Phi) is 4.83. The molecule has 6 heteroatoms. The fourth-order valence-electron chi connectivity index (χ4n) is 1.78. The fourth-order valence-corrected chi connectivity index (χ4v) is 2.53. The zero-order valence-corrected chi connectivity index (χ0v) is 10.9. The molecule has 2 heterocycles. The van der Waals surface area contributed by atoms with Crippen LogP contribution in [0.25, 0.3) is 0 Å². The summed E-state index contributed by atoms with van der Waals surface area (Å²) in [5.41, 5.74) is 6.37. The van der Waals surface area contributed by atoms with E-state index >= 15 is 0 Å². The van der Waals surface area contributed by atoms with Gasteiger partial charge in [0.15, 0.2) is 0 Å². The Balaban J connectivity index is 1.76. The van der Waals surface area contributed by atoms with Crippen molar-refractivity contribution in [2.24, 2.45) is 0 Å². The third-order valence-electron chi connectivity index (χ3n) is 2.76. The predicted molar refractivity (Wildman–Crippen MR) is 71.4 cm³/mol. The van der Waals surface area contributed by atoms with Crippen molar-refractivity contribution in [2.75, 3.05) is 24.7 Å². The molecule has 1 aliphatic heterocycles. The maximum atomic E-state index is 11.8. The molecule has 0 spiro atoms. The van der Waals surface area contributed by atoms with Crippen LogP contribution in [0.1, 0.15) is 12.8 Å². The van der Waals surface area contributed by atoms with Crippen LogP contribution in [-0.2, 0) is 9.53 Å². The van der Waals surface area contributed by atoms with Gasteiger partial charge in [-0.25, -0.2) is 0 Å².